The molecule has 0 saturated heterocycles. The standard InChI is InChI=1S/C6H4N4O2/c11-6(12)5-8-2-4-1-7-3-9-10(4)5/h1-3H,(H,11,12). The molecule has 0 aromatic carbocycles. The van der Waals surface area contributed by atoms with Crippen molar-refractivity contribution < 1.29 is 9.90 Å². The largest absolute Gasteiger partial charge is 0.475 e. The summed E-state index contributed by atoms with van der Waals surface area (Å²) >= 11 is 0. The normalized spacial score (nSPS) is 10.3. The van der Waals surface area contributed by atoms with Crippen molar-refractivity contribution in [2.75, 3.05) is 0 Å². The van der Waals surface area contributed by atoms with E-state index in [2.05, 4.69) is 15.1 Å². The molecule has 1 N–H and O–H groups in total. The summed E-state index contributed by atoms with van der Waals surface area (Å²) in [5.74, 6) is -1.21. The third kappa shape index (κ3) is 0.815. The van der Waals surface area contributed by atoms with Crippen molar-refractivity contribution in [3.8, 4) is 0 Å². The van der Waals surface area contributed by atoms with E-state index in [1.54, 1.807) is 0 Å². The summed E-state index contributed by atoms with van der Waals surface area (Å²) in [6, 6.07) is 0. The first-order valence-corrected chi connectivity index (χ1v) is 3.16. The van der Waals surface area contributed by atoms with Crippen LogP contribution in [0.15, 0.2) is 18.7 Å². The van der Waals surface area contributed by atoms with Gasteiger partial charge in [-0.15, -0.1) is 0 Å². The topological polar surface area (TPSA) is 80.4 Å². The van der Waals surface area contributed by atoms with Gasteiger partial charge in [-0.1, -0.05) is 0 Å². The molecule has 0 unspecified atom stereocenters. The van der Waals surface area contributed by atoms with Crippen molar-refractivity contribution >= 4 is 11.5 Å². The van der Waals surface area contributed by atoms with Crippen molar-refractivity contribution in [2.24, 2.45) is 0 Å². The minimum atomic E-state index is -1.10. The highest BCUT2D eigenvalue weighted by atomic mass is 16.4. The quantitative estimate of drug-likeness (QED) is 0.632. The Balaban J connectivity index is 2.79. The van der Waals surface area contributed by atoms with Gasteiger partial charge >= 0.3 is 5.97 Å². The van der Waals surface area contributed by atoms with Gasteiger partial charge in [0.05, 0.1) is 12.4 Å². The number of hydrogen-bond acceptors (Lipinski definition) is 4. The number of carbonyl (C=O) groups is 1. The molecule has 2 aromatic rings. The maximum absolute atomic E-state index is 10.5. The molecular weight excluding hydrogens is 160 g/mol. The van der Waals surface area contributed by atoms with Gasteiger partial charge < -0.3 is 5.11 Å². The summed E-state index contributed by atoms with van der Waals surface area (Å²) in [5, 5.41) is 12.4. The van der Waals surface area contributed by atoms with Crippen LogP contribution in [0.1, 0.15) is 10.6 Å². The Morgan fingerprint density at radius 3 is 3.08 bits per heavy atom. The SMILES string of the molecule is O=C(O)c1ncc2cncnn12. The molecule has 2 rings (SSSR count). The highest BCUT2D eigenvalue weighted by Gasteiger charge is 2.10. The molecule has 2 aromatic heterocycles. The molecule has 0 atom stereocenters. The first kappa shape index (κ1) is 6.71. The molecule has 0 fully saturated rings. The van der Waals surface area contributed by atoms with Crippen molar-refractivity contribution in [3.63, 3.8) is 0 Å². The number of imidazole rings is 1. The summed E-state index contributed by atoms with van der Waals surface area (Å²) in [6.45, 7) is 0. The molecule has 0 amide bonds. The summed E-state index contributed by atoms with van der Waals surface area (Å²) in [4.78, 5) is 17.9. The maximum atomic E-state index is 10.5. The molecule has 6 heteroatoms. The summed E-state index contributed by atoms with van der Waals surface area (Å²) in [6.07, 6.45) is 4.16. The first-order chi connectivity index (χ1) is 5.79. The van der Waals surface area contributed by atoms with E-state index in [0.717, 1.165) is 0 Å². The van der Waals surface area contributed by atoms with Crippen molar-refractivity contribution in [3.05, 3.63) is 24.5 Å². The van der Waals surface area contributed by atoms with E-state index in [-0.39, 0.29) is 5.82 Å². The lowest BCUT2D eigenvalue weighted by molar-refractivity contribution is 0.0681. The van der Waals surface area contributed by atoms with Crippen LogP contribution in [-0.2, 0) is 0 Å². The lowest BCUT2D eigenvalue weighted by Crippen LogP contribution is -2.05. The van der Waals surface area contributed by atoms with E-state index in [4.69, 9.17) is 5.11 Å². The number of aromatic carboxylic acids is 1. The third-order valence-corrected chi connectivity index (χ3v) is 1.40. The van der Waals surface area contributed by atoms with Gasteiger partial charge in [-0.25, -0.2) is 19.3 Å². The third-order valence-electron chi connectivity index (χ3n) is 1.40. The highest BCUT2D eigenvalue weighted by Crippen LogP contribution is 2.01. The summed E-state index contributed by atoms with van der Waals surface area (Å²) in [5.41, 5.74) is 0.565. The van der Waals surface area contributed by atoms with Gasteiger partial charge in [0.2, 0.25) is 5.82 Å². The van der Waals surface area contributed by atoms with Gasteiger partial charge in [0, 0.05) is 0 Å². The van der Waals surface area contributed by atoms with Crippen molar-refractivity contribution in [2.45, 2.75) is 0 Å². The van der Waals surface area contributed by atoms with E-state index < -0.39 is 5.97 Å². The number of nitrogens with zero attached hydrogens (tertiary/aromatic N) is 4. The molecule has 0 aliphatic heterocycles. The van der Waals surface area contributed by atoms with Crippen LogP contribution < -0.4 is 0 Å². The predicted molar refractivity (Wildman–Crippen MR) is 37.7 cm³/mol. The van der Waals surface area contributed by atoms with Gasteiger partial charge in [0.15, 0.2) is 0 Å². The van der Waals surface area contributed by atoms with Crippen LogP contribution in [0.2, 0.25) is 0 Å². The van der Waals surface area contributed by atoms with Crippen LogP contribution in [0.25, 0.3) is 5.52 Å². The van der Waals surface area contributed by atoms with Crippen LogP contribution in [-0.4, -0.2) is 30.7 Å². The second-order valence-corrected chi connectivity index (χ2v) is 2.13. The first-order valence-electron chi connectivity index (χ1n) is 3.16. The van der Waals surface area contributed by atoms with Gasteiger partial charge in [-0.05, 0) is 0 Å². The maximum Gasteiger partial charge on any atom is 0.374 e. The van der Waals surface area contributed by atoms with Crippen LogP contribution in [0.3, 0.4) is 0 Å². The number of aromatic nitrogens is 4. The van der Waals surface area contributed by atoms with Crippen molar-refractivity contribution in [1.29, 1.82) is 0 Å². The van der Waals surface area contributed by atoms with Crippen LogP contribution in [0, 0.1) is 0 Å². The van der Waals surface area contributed by atoms with Gasteiger partial charge in [0.1, 0.15) is 11.8 Å². The second-order valence-electron chi connectivity index (χ2n) is 2.13. The van der Waals surface area contributed by atoms with E-state index in [1.165, 1.54) is 23.2 Å². The Bertz CT molecular complexity index is 436. The zero-order valence-electron chi connectivity index (χ0n) is 5.88. The Hall–Kier alpha value is -1.98. The zero-order valence-corrected chi connectivity index (χ0v) is 5.88. The Morgan fingerprint density at radius 2 is 2.33 bits per heavy atom. The summed E-state index contributed by atoms with van der Waals surface area (Å²) in [7, 11) is 0. The average molecular weight is 164 g/mol. The highest BCUT2D eigenvalue weighted by molar-refractivity contribution is 5.84. The Labute approximate surface area is 66.5 Å². The fourth-order valence-electron chi connectivity index (χ4n) is 0.905. The minimum Gasteiger partial charge on any atom is -0.475 e. The number of rotatable bonds is 1. The summed E-state index contributed by atoms with van der Waals surface area (Å²) < 4.78 is 1.22. The van der Waals surface area contributed by atoms with Crippen LogP contribution in [0.5, 0.6) is 0 Å². The average Bonchev–Trinajstić information content (AvgIpc) is 2.47. The Morgan fingerprint density at radius 1 is 1.50 bits per heavy atom. The zero-order chi connectivity index (χ0) is 8.55. The number of carboxylic acid groups (broad SMARTS) is 1. The molecule has 0 saturated carbocycles. The molecule has 0 radical (unpaired) electrons. The van der Waals surface area contributed by atoms with Crippen LogP contribution in [0.4, 0.5) is 0 Å². The lowest BCUT2D eigenvalue weighted by atomic mass is 10.6. The van der Waals surface area contributed by atoms with Gasteiger partial charge in [0.25, 0.3) is 0 Å². The van der Waals surface area contributed by atoms with E-state index in [1.807, 2.05) is 0 Å². The molecule has 12 heavy (non-hydrogen) atoms. The molecule has 0 bridgehead atoms. The molecule has 2 heterocycles. The van der Waals surface area contributed by atoms with Gasteiger partial charge in [-0.3, -0.25) is 0 Å². The van der Waals surface area contributed by atoms with Crippen LogP contribution >= 0.6 is 0 Å². The predicted octanol–water partition coefficient (Wildman–Crippen LogP) is -0.178. The van der Waals surface area contributed by atoms with Gasteiger partial charge in [-0.2, -0.15) is 5.10 Å². The lowest BCUT2D eigenvalue weighted by Gasteiger charge is -1.91. The molecule has 60 valence electrons. The fourth-order valence-corrected chi connectivity index (χ4v) is 0.905. The molecular formula is C6H4N4O2. The van der Waals surface area contributed by atoms with Crippen molar-refractivity contribution in [1.82, 2.24) is 19.6 Å². The van der Waals surface area contributed by atoms with E-state index in [9.17, 15) is 4.79 Å². The molecule has 6 nitrogen and oxygen atoms in total. The second kappa shape index (κ2) is 2.26. The molecule has 0 aliphatic rings. The number of fused-ring (bicyclic) bond motifs is 1. The molecule has 0 spiro atoms. The minimum absolute atomic E-state index is 0.104. The monoisotopic (exact) mass is 164 g/mol. The number of hydrogen-bond donors (Lipinski definition) is 1. The Kier molecular flexibility index (Phi) is 1.26. The fraction of sp³-hybridized carbons (Fsp3) is 0. The molecule has 0 aliphatic carbocycles. The number of carboxylic acids is 1. The van der Waals surface area contributed by atoms with E-state index in [0.29, 0.717) is 5.52 Å². The smallest absolute Gasteiger partial charge is 0.374 e. The van der Waals surface area contributed by atoms with E-state index >= 15 is 0 Å².